The number of ketones is 1. The summed E-state index contributed by atoms with van der Waals surface area (Å²) in [6, 6.07) is 56.1. The number of para-hydroxylation sites is 5. The Hall–Kier alpha value is -7.85. The summed E-state index contributed by atoms with van der Waals surface area (Å²) >= 11 is 17.9. The largest absolute Gasteiger partial charge is 0.466 e. The third-order valence-electron chi connectivity index (χ3n) is 12.5. The van der Waals surface area contributed by atoms with Crippen molar-refractivity contribution in [1.82, 2.24) is 15.0 Å². The van der Waals surface area contributed by atoms with E-state index >= 15 is 0 Å². The fourth-order valence-corrected chi connectivity index (χ4v) is 8.94. The summed E-state index contributed by atoms with van der Waals surface area (Å²) in [5.41, 5.74) is 9.99. The number of carbonyl (C=O) groups is 3. The minimum atomic E-state index is -0.769. The van der Waals surface area contributed by atoms with E-state index in [1.807, 2.05) is 140 Å². The molecule has 3 N–H and O–H groups in total. The summed E-state index contributed by atoms with van der Waals surface area (Å²) in [6.07, 6.45) is 2.30. The van der Waals surface area contributed by atoms with Gasteiger partial charge in [0.15, 0.2) is 18.0 Å². The van der Waals surface area contributed by atoms with E-state index in [2.05, 4.69) is 15.0 Å². The molecule has 0 spiro atoms. The topological polar surface area (TPSA) is 186 Å². The van der Waals surface area contributed by atoms with Gasteiger partial charge in [0.05, 0.1) is 44.6 Å². The molecule has 3 aliphatic heterocycles. The molecule has 406 valence electrons. The number of aliphatic hydroxyl groups is 1. The van der Waals surface area contributed by atoms with Gasteiger partial charge in [0, 0.05) is 91.4 Å². The third kappa shape index (κ3) is 16.6. The smallest absolute Gasteiger partial charge is 0.347 e. The first-order chi connectivity index (χ1) is 38.5. The van der Waals surface area contributed by atoms with Crippen LogP contribution in [0.4, 0.5) is 11.4 Å². The van der Waals surface area contributed by atoms with Gasteiger partial charge < -0.3 is 39.4 Å². The maximum absolute atomic E-state index is 12.6. The Balaban J connectivity index is 0.000000141. The van der Waals surface area contributed by atoms with Gasteiger partial charge in [-0.25, -0.2) is 19.7 Å². The van der Waals surface area contributed by atoms with Crippen molar-refractivity contribution >= 4 is 96.5 Å². The van der Waals surface area contributed by atoms with Crippen LogP contribution in [0.5, 0.6) is 17.6 Å². The van der Waals surface area contributed by atoms with Gasteiger partial charge >= 0.3 is 5.97 Å². The van der Waals surface area contributed by atoms with Crippen molar-refractivity contribution in [3.63, 3.8) is 0 Å². The number of hydrogen-bond donors (Lipinski definition) is 2. The second-order valence-corrected chi connectivity index (χ2v) is 19.3. The summed E-state index contributed by atoms with van der Waals surface area (Å²) in [4.78, 5) is 51.4. The summed E-state index contributed by atoms with van der Waals surface area (Å²) < 4.78 is 26.9. The molecule has 0 radical (unpaired) electrons. The number of amides is 1. The lowest BCUT2D eigenvalue weighted by Gasteiger charge is -2.18. The van der Waals surface area contributed by atoms with Gasteiger partial charge in [0.1, 0.15) is 0 Å². The number of benzene rings is 6. The van der Waals surface area contributed by atoms with Gasteiger partial charge in [-0.05, 0) is 85.1 Å². The number of cyclic esters (lactones) is 1. The number of halogens is 3. The van der Waals surface area contributed by atoms with Crippen molar-refractivity contribution in [2.45, 2.75) is 56.8 Å². The van der Waals surface area contributed by atoms with Crippen LogP contribution in [0.3, 0.4) is 0 Å². The number of hydrogen-bond acceptors (Lipinski definition) is 13. The number of pyridine rings is 3. The molecule has 3 saturated heterocycles. The maximum atomic E-state index is 12.6. The highest BCUT2D eigenvalue weighted by molar-refractivity contribution is 6.34. The molecule has 6 aromatic carbocycles. The lowest BCUT2D eigenvalue weighted by molar-refractivity contribution is -0.143. The predicted molar refractivity (Wildman–Crippen MR) is 310 cm³/mol. The van der Waals surface area contributed by atoms with Crippen molar-refractivity contribution in [2.24, 2.45) is 0 Å². The van der Waals surface area contributed by atoms with E-state index in [9.17, 15) is 19.5 Å². The monoisotopic (exact) mass is 1120 g/mol. The minimum Gasteiger partial charge on any atom is -0.466 e. The molecule has 3 unspecified atom stereocenters. The zero-order valence-electron chi connectivity index (χ0n) is 43.0. The van der Waals surface area contributed by atoms with Crippen molar-refractivity contribution in [3.8, 4) is 17.6 Å². The first kappa shape index (κ1) is 57.3. The van der Waals surface area contributed by atoms with Crippen molar-refractivity contribution in [3.05, 3.63) is 203 Å². The van der Waals surface area contributed by atoms with Crippen LogP contribution in [0, 0.1) is 0 Å². The quantitative estimate of drug-likeness (QED) is 0.0870. The van der Waals surface area contributed by atoms with Gasteiger partial charge in [0.25, 0.3) is 5.91 Å². The van der Waals surface area contributed by atoms with E-state index in [0.717, 1.165) is 57.2 Å². The maximum Gasteiger partial charge on any atom is 0.347 e. The van der Waals surface area contributed by atoms with E-state index < -0.39 is 18.3 Å². The van der Waals surface area contributed by atoms with Crippen LogP contribution in [0.2, 0.25) is 15.1 Å². The number of Topliss-reactive ketones (excluding diaryl/α,β-unsaturated/α-hetero) is 1. The van der Waals surface area contributed by atoms with Crippen molar-refractivity contribution in [2.75, 3.05) is 43.6 Å². The number of aliphatic hydroxyl groups excluding tert-OH is 1. The molecule has 79 heavy (non-hydrogen) atoms. The summed E-state index contributed by atoms with van der Waals surface area (Å²) in [5, 5.41) is 14.1. The SMILES string of the molecule is C1CCOC1.Nc1ccccc1Cl.O=C(Cc1ccccc1Cl)C(CCO)Oc1ccc2ccccc2n1.O=C1C(Oc2ccc3ccccc3n2)CCN1c1ccccc1Cl.O=C1OCCC1Oc1ccc2ccccc2n1. The summed E-state index contributed by atoms with van der Waals surface area (Å²) in [7, 11) is 0. The lowest BCUT2D eigenvalue weighted by atomic mass is 10.0. The zero-order chi connectivity index (χ0) is 55.3. The average Bonchev–Trinajstić information content (AvgIpc) is 4.30. The molecular formula is C62H58Cl3N5O9. The van der Waals surface area contributed by atoms with E-state index in [0.29, 0.717) is 64.4 Å². The highest BCUT2D eigenvalue weighted by atomic mass is 35.5. The first-order valence-corrected chi connectivity index (χ1v) is 26.9. The summed E-state index contributed by atoms with van der Waals surface area (Å²) in [6.45, 7) is 2.87. The molecule has 6 heterocycles. The fourth-order valence-electron chi connectivity index (χ4n) is 8.37. The predicted octanol–water partition coefficient (Wildman–Crippen LogP) is 12.6. The number of carbonyl (C=O) groups excluding carboxylic acids is 3. The number of nitrogens with zero attached hydrogens (tertiary/aromatic N) is 4. The number of nitrogens with two attached hydrogens (primary N) is 1. The standard InChI is InChI=1S/C20H18ClNO3.C19H15ClN2O2.C13H11NO3.C6H6ClN.C4H8O/c21-16-7-3-1-6-15(16)13-18(24)19(11-12-23)25-20-10-9-14-5-2-4-8-17(14)22-20;20-14-6-2-4-8-16(14)22-12-11-17(19(22)23)24-18-10-9-13-5-1-3-7-15(13)21-18;15-13-11(7-8-16-13)17-12-6-5-9-3-1-2-4-10(9)14-12;7-5-3-1-2-4-6(5)8;1-2-4-5-3-1/h1-10,19,23H,11-13H2;1-10,17H,11-12H2;1-6,11H,7-8H2;1-4H,8H2;1-4H2. The average molecular weight is 1120 g/mol. The molecule has 9 aromatic rings. The molecular weight excluding hydrogens is 1070 g/mol. The number of anilines is 2. The van der Waals surface area contributed by atoms with Crippen LogP contribution in [0.25, 0.3) is 32.7 Å². The number of nitrogen functional groups attached to an aromatic ring is 1. The van der Waals surface area contributed by atoms with Gasteiger partial charge in [-0.3, -0.25) is 9.59 Å². The third-order valence-corrected chi connectivity index (χ3v) is 13.5. The van der Waals surface area contributed by atoms with Gasteiger partial charge in [0.2, 0.25) is 23.7 Å². The molecule has 3 aliphatic rings. The van der Waals surface area contributed by atoms with Crippen molar-refractivity contribution < 1.29 is 43.2 Å². The number of rotatable bonds is 12. The van der Waals surface area contributed by atoms with Gasteiger partial charge in [-0.2, -0.15) is 0 Å². The molecule has 0 aliphatic carbocycles. The minimum absolute atomic E-state index is 0.0851. The van der Waals surface area contributed by atoms with E-state index in [4.69, 9.17) is 64.2 Å². The Kier molecular flexibility index (Phi) is 21.2. The van der Waals surface area contributed by atoms with Crippen LogP contribution in [0.15, 0.2) is 182 Å². The first-order valence-electron chi connectivity index (χ1n) is 25.8. The van der Waals surface area contributed by atoms with Crippen molar-refractivity contribution in [1.29, 1.82) is 0 Å². The second kappa shape index (κ2) is 29.2. The number of fused-ring (bicyclic) bond motifs is 3. The van der Waals surface area contributed by atoms with Crippen LogP contribution >= 0.6 is 34.8 Å². The Labute approximate surface area is 472 Å². The highest BCUT2D eigenvalue weighted by Gasteiger charge is 2.35. The number of esters is 1. The molecule has 12 rings (SSSR count). The Morgan fingerprint density at radius 1 is 0.595 bits per heavy atom. The fraction of sp³-hybridized carbons (Fsp3) is 0.226. The molecule has 3 atom stereocenters. The molecule has 3 aromatic heterocycles. The van der Waals surface area contributed by atoms with E-state index in [-0.39, 0.29) is 37.1 Å². The number of ether oxygens (including phenoxy) is 5. The Morgan fingerprint density at radius 3 is 1.61 bits per heavy atom. The molecule has 14 nitrogen and oxygen atoms in total. The van der Waals surface area contributed by atoms with Gasteiger partial charge in [-0.1, -0.05) is 132 Å². The molecule has 0 bridgehead atoms. The van der Waals surface area contributed by atoms with Gasteiger partial charge in [-0.15, -0.1) is 0 Å². The second-order valence-electron chi connectivity index (χ2n) is 18.1. The summed E-state index contributed by atoms with van der Waals surface area (Å²) in [5.74, 6) is 0.764. The van der Waals surface area contributed by atoms with Crippen LogP contribution in [-0.4, -0.2) is 89.0 Å². The normalized spacial score (nSPS) is 15.7. The number of aromatic nitrogens is 3. The molecule has 0 saturated carbocycles. The van der Waals surface area contributed by atoms with Crippen LogP contribution < -0.4 is 24.8 Å². The van der Waals surface area contributed by atoms with Crippen LogP contribution in [-0.2, 0) is 30.3 Å². The highest BCUT2D eigenvalue weighted by Crippen LogP contribution is 2.31. The van der Waals surface area contributed by atoms with E-state index in [1.54, 1.807) is 47.4 Å². The molecule has 3 fully saturated rings. The lowest BCUT2D eigenvalue weighted by Crippen LogP contribution is -2.32. The zero-order valence-corrected chi connectivity index (χ0v) is 45.3. The Bertz CT molecular complexity index is 3450. The Morgan fingerprint density at radius 2 is 1.10 bits per heavy atom. The molecule has 1 amide bonds. The molecule has 17 heteroatoms. The van der Waals surface area contributed by atoms with E-state index in [1.165, 1.54) is 12.8 Å². The van der Waals surface area contributed by atoms with Crippen LogP contribution in [0.1, 0.15) is 37.7 Å².